The minimum absolute atomic E-state index is 0.611. The largest absolute Gasteiger partial charge is 0.283 e. The minimum Gasteiger partial charge on any atom is -0.283 e. The van der Waals surface area contributed by atoms with Gasteiger partial charge in [-0.15, -0.1) is 0 Å². The van der Waals surface area contributed by atoms with E-state index in [4.69, 9.17) is 23.2 Å². The standard InChI is InChI=1S/C13H9Cl2NOS/c14-10-3-5-12(6-4-10)16-8-9-1-2-11(15)7-13(9)18(16)17/h1-7H,8H2. The van der Waals surface area contributed by atoms with Crippen molar-refractivity contribution in [1.29, 1.82) is 0 Å². The molecule has 0 aliphatic carbocycles. The molecule has 0 bridgehead atoms. The molecule has 0 N–H and O–H groups in total. The molecular formula is C13H9Cl2NOS. The van der Waals surface area contributed by atoms with Crippen molar-refractivity contribution in [3.8, 4) is 0 Å². The van der Waals surface area contributed by atoms with Gasteiger partial charge in [-0.3, -0.25) is 4.31 Å². The van der Waals surface area contributed by atoms with Crippen LogP contribution in [0.5, 0.6) is 0 Å². The zero-order valence-corrected chi connectivity index (χ0v) is 11.6. The van der Waals surface area contributed by atoms with Gasteiger partial charge in [0.15, 0.2) is 11.0 Å². The molecule has 0 fully saturated rings. The summed E-state index contributed by atoms with van der Waals surface area (Å²) in [4.78, 5) is 0.789. The molecule has 1 aliphatic rings. The van der Waals surface area contributed by atoms with Crippen LogP contribution in [0.1, 0.15) is 5.56 Å². The Morgan fingerprint density at radius 1 is 1.00 bits per heavy atom. The fraction of sp³-hybridized carbons (Fsp3) is 0.0769. The maximum atomic E-state index is 12.4. The van der Waals surface area contributed by atoms with E-state index in [0.717, 1.165) is 16.1 Å². The number of halogens is 2. The number of fused-ring (bicyclic) bond motifs is 1. The van der Waals surface area contributed by atoms with Crippen molar-refractivity contribution >= 4 is 39.9 Å². The van der Waals surface area contributed by atoms with Gasteiger partial charge in [-0.2, -0.15) is 0 Å². The first kappa shape index (κ1) is 12.0. The first-order chi connectivity index (χ1) is 8.65. The van der Waals surface area contributed by atoms with E-state index < -0.39 is 11.0 Å². The Labute approximate surface area is 118 Å². The smallest absolute Gasteiger partial charge is 0.153 e. The third-order valence-corrected chi connectivity index (χ3v) is 4.83. The number of hydrogen-bond donors (Lipinski definition) is 0. The molecule has 2 aromatic carbocycles. The van der Waals surface area contributed by atoms with Crippen LogP contribution >= 0.6 is 23.2 Å². The monoisotopic (exact) mass is 297 g/mol. The Kier molecular flexibility index (Phi) is 3.06. The molecule has 0 spiro atoms. The van der Waals surface area contributed by atoms with Crippen LogP contribution in [-0.2, 0) is 17.5 Å². The van der Waals surface area contributed by atoms with Crippen LogP contribution in [0.3, 0.4) is 0 Å². The summed E-state index contributed by atoms with van der Waals surface area (Å²) in [5, 5.41) is 1.28. The van der Waals surface area contributed by atoms with Gasteiger partial charge in [0.1, 0.15) is 0 Å². The van der Waals surface area contributed by atoms with Gasteiger partial charge in [0.2, 0.25) is 0 Å². The lowest BCUT2D eigenvalue weighted by Crippen LogP contribution is -2.17. The molecule has 1 unspecified atom stereocenters. The third-order valence-electron chi connectivity index (χ3n) is 2.85. The van der Waals surface area contributed by atoms with Crippen LogP contribution in [0.4, 0.5) is 5.69 Å². The van der Waals surface area contributed by atoms with Crippen molar-refractivity contribution in [2.45, 2.75) is 11.4 Å². The van der Waals surface area contributed by atoms with E-state index in [1.807, 2.05) is 28.6 Å². The van der Waals surface area contributed by atoms with Gasteiger partial charge in [-0.1, -0.05) is 29.3 Å². The SMILES string of the molecule is O=S1c2cc(Cl)ccc2CN1c1ccc(Cl)cc1. The predicted octanol–water partition coefficient (Wildman–Crippen LogP) is 4.04. The number of hydrogen-bond acceptors (Lipinski definition) is 1. The Hall–Kier alpha value is -1.03. The first-order valence-corrected chi connectivity index (χ1v) is 7.25. The van der Waals surface area contributed by atoms with Crippen molar-refractivity contribution in [3.63, 3.8) is 0 Å². The summed E-state index contributed by atoms with van der Waals surface area (Å²) in [5.74, 6) is 0. The van der Waals surface area contributed by atoms with E-state index >= 15 is 0 Å². The highest BCUT2D eigenvalue weighted by Crippen LogP contribution is 2.33. The zero-order chi connectivity index (χ0) is 12.7. The van der Waals surface area contributed by atoms with Crippen molar-refractivity contribution in [3.05, 3.63) is 58.1 Å². The van der Waals surface area contributed by atoms with Gasteiger partial charge in [-0.25, -0.2) is 4.21 Å². The number of anilines is 1. The predicted molar refractivity (Wildman–Crippen MR) is 75.5 cm³/mol. The summed E-state index contributed by atoms with van der Waals surface area (Å²) in [6.45, 7) is 0.626. The lowest BCUT2D eigenvalue weighted by Gasteiger charge is -2.15. The summed E-state index contributed by atoms with van der Waals surface area (Å²) in [7, 11) is -1.20. The van der Waals surface area contributed by atoms with Gasteiger partial charge in [-0.05, 0) is 42.0 Å². The normalized spacial score (nSPS) is 17.9. The quantitative estimate of drug-likeness (QED) is 0.778. The molecule has 0 saturated heterocycles. The Balaban J connectivity index is 1.99. The highest BCUT2D eigenvalue weighted by molar-refractivity contribution is 7.86. The number of nitrogens with zero attached hydrogens (tertiary/aromatic N) is 1. The maximum absolute atomic E-state index is 12.4. The molecule has 92 valence electrons. The topological polar surface area (TPSA) is 20.3 Å². The van der Waals surface area contributed by atoms with Gasteiger partial charge >= 0.3 is 0 Å². The van der Waals surface area contributed by atoms with Crippen molar-refractivity contribution in [2.75, 3.05) is 4.31 Å². The van der Waals surface area contributed by atoms with Crippen LogP contribution in [0.25, 0.3) is 0 Å². The molecule has 1 heterocycles. The average Bonchev–Trinajstić information content (AvgIpc) is 2.68. The van der Waals surface area contributed by atoms with Gasteiger partial charge in [0, 0.05) is 10.0 Å². The third kappa shape index (κ3) is 2.03. The Morgan fingerprint density at radius 2 is 1.67 bits per heavy atom. The van der Waals surface area contributed by atoms with Gasteiger partial charge in [0.05, 0.1) is 17.1 Å². The van der Waals surface area contributed by atoms with E-state index in [2.05, 4.69) is 0 Å². The molecule has 1 atom stereocenters. The second kappa shape index (κ2) is 4.57. The van der Waals surface area contributed by atoms with Gasteiger partial charge < -0.3 is 0 Å². The van der Waals surface area contributed by atoms with Crippen molar-refractivity contribution < 1.29 is 4.21 Å². The molecule has 0 saturated carbocycles. The zero-order valence-electron chi connectivity index (χ0n) is 9.27. The summed E-state index contributed by atoms with van der Waals surface area (Å²) in [6, 6.07) is 12.8. The van der Waals surface area contributed by atoms with Crippen molar-refractivity contribution in [2.24, 2.45) is 0 Å². The minimum atomic E-state index is -1.20. The Morgan fingerprint density at radius 3 is 2.39 bits per heavy atom. The van der Waals surface area contributed by atoms with Crippen LogP contribution < -0.4 is 4.31 Å². The van der Waals surface area contributed by atoms with E-state index in [0.29, 0.717) is 16.6 Å². The summed E-state index contributed by atoms with van der Waals surface area (Å²) in [5.41, 5.74) is 1.94. The number of rotatable bonds is 1. The van der Waals surface area contributed by atoms with E-state index in [1.54, 1.807) is 18.2 Å². The fourth-order valence-electron chi connectivity index (χ4n) is 1.95. The van der Waals surface area contributed by atoms with E-state index in [1.165, 1.54) is 0 Å². The van der Waals surface area contributed by atoms with Crippen LogP contribution in [-0.4, -0.2) is 4.21 Å². The molecule has 2 aromatic rings. The molecule has 2 nitrogen and oxygen atoms in total. The van der Waals surface area contributed by atoms with Crippen LogP contribution in [0.2, 0.25) is 10.0 Å². The van der Waals surface area contributed by atoms with E-state index in [-0.39, 0.29) is 0 Å². The highest BCUT2D eigenvalue weighted by atomic mass is 35.5. The van der Waals surface area contributed by atoms with Crippen molar-refractivity contribution in [1.82, 2.24) is 0 Å². The molecule has 0 radical (unpaired) electrons. The molecular weight excluding hydrogens is 289 g/mol. The lowest BCUT2D eigenvalue weighted by atomic mass is 10.2. The van der Waals surface area contributed by atoms with Crippen LogP contribution in [0.15, 0.2) is 47.4 Å². The second-order valence-corrected chi connectivity index (χ2v) is 6.27. The number of benzene rings is 2. The summed E-state index contributed by atoms with van der Waals surface area (Å²) in [6.07, 6.45) is 0. The molecule has 18 heavy (non-hydrogen) atoms. The van der Waals surface area contributed by atoms with Crippen LogP contribution in [0, 0.1) is 0 Å². The highest BCUT2D eigenvalue weighted by Gasteiger charge is 2.27. The summed E-state index contributed by atoms with van der Waals surface area (Å²) < 4.78 is 14.2. The molecule has 3 rings (SSSR count). The first-order valence-electron chi connectivity index (χ1n) is 5.38. The fourth-order valence-corrected chi connectivity index (χ4v) is 3.70. The average molecular weight is 298 g/mol. The van der Waals surface area contributed by atoms with E-state index in [9.17, 15) is 4.21 Å². The molecule has 0 aromatic heterocycles. The molecule has 0 amide bonds. The lowest BCUT2D eigenvalue weighted by molar-refractivity contribution is 0.683. The Bertz CT molecular complexity index is 627. The second-order valence-electron chi connectivity index (χ2n) is 4.01. The van der Waals surface area contributed by atoms with Gasteiger partial charge in [0.25, 0.3) is 0 Å². The molecule has 1 aliphatic heterocycles. The molecule has 5 heteroatoms. The maximum Gasteiger partial charge on any atom is 0.153 e. The summed E-state index contributed by atoms with van der Waals surface area (Å²) >= 11 is 11.8.